The SMILES string of the molecule is COc1cc(N2CCC3(CC2)CCN(C(C)(C)CF)CC3)c(-c2cnn(C)c2)cc1[N+](=O)[O-]. The summed E-state index contributed by atoms with van der Waals surface area (Å²) >= 11 is 0. The number of methoxy groups -OCH3 is 1. The fourth-order valence-corrected chi connectivity index (χ4v) is 5.31. The fraction of sp³-hybridized carbons (Fsp3) is 0.625. The molecule has 0 amide bonds. The van der Waals surface area contributed by atoms with Gasteiger partial charge in [-0.05, 0) is 58.0 Å². The zero-order chi connectivity index (χ0) is 23.8. The second kappa shape index (κ2) is 8.93. The number of anilines is 1. The summed E-state index contributed by atoms with van der Waals surface area (Å²) in [5.74, 6) is 0.268. The van der Waals surface area contributed by atoms with E-state index >= 15 is 0 Å². The van der Waals surface area contributed by atoms with E-state index < -0.39 is 10.5 Å². The molecule has 2 aliphatic rings. The Morgan fingerprint density at radius 3 is 2.33 bits per heavy atom. The molecule has 2 fully saturated rings. The third-order valence-corrected chi connectivity index (χ3v) is 7.68. The van der Waals surface area contributed by atoms with Crippen LogP contribution in [0.1, 0.15) is 39.5 Å². The highest BCUT2D eigenvalue weighted by molar-refractivity contribution is 5.82. The maximum Gasteiger partial charge on any atom is 0.311 e. The molecule has 33 heavy (non-hydrogen) atoms. The smallest absolute Gasteiger partial charge is 0.311 e. The van der Waals surface area contributed by atoms with Crippen molar-refractivity contribution < 1.29 is 14.1 Å². The minimum Gasteiger partial charge on any atom is -0.490 e. The molecule has 1 aromatic heterocycles. The van der Waals surface area contributed by atoms with Crippen molar-refractivity contribution in [2.45, 2.75) is 45.1 Å². The van der Waals surface area contributed by atoms with Crippen LogP contribution < -0.4 is 9.64 Å². The Balaban J connectivity index is 1.56. The Morgan fingerprint density at radius 1 is 1.18 bits per heavy atom. The van der Waals surface area contributed by atoms with E-state index in [4.69, 9.17) is 4.74 Å². The van der Waals surface area contributed by atoms with E-state index in [1.54, 1.807) is 23.0 Å². The van der Waals surface area contributed by atoms with Crippen molar-refractivity contribution in [1.29, 1.82) is 0 Å². The summed E-state index contributed by atoms with van der Waals surface area (Å²) in [6.07, 6.45) is 7.91. The van der Waals surface area contributed by atoms with Crippen LogP contribution in [0.4, 0.5) is 15.8 Å². The Labute approximate surface area is 194 Å². The lowest BCUT2D eigenvalue weighted by Crippen LogP contribution is -2.53. The molecule has 4 rings (SSSR count). The quantitative estimate of drug-likeness (QED) is 0.470. The number of likely N-dealkylation sites (tertiary alicyclic amines) is 1. The van der Waals surface area contributed by atoms with E-state index in [1.165, 1.54) is 7.11 Å². The summed E-state index contributed by atoms with van der Waals surface area (Å²) in [5.41, 5.74) is 2.44. The molecule has 0 saturated carbocycles. The maximum absolute atomic E-state index is 13.4. The number of alkyl halides is 1. The first-order chi connectivity index (χ1) is 15.7. The summed E-state index contributed by atoms with van der Waals surface area (Å²) in [4.78, 5) is 15.8. The number of hydrogen-bond donors (Lipinski definition) is 0. The van der Waals surface area contributed by atoms with Crippen LogP contribution in [0.2, 0.25) is 0 Å². The summed E-state index contributed by atoms with van der Waals surface area (Å²) < 4.78 is 20.5. The molecular formula is C24H34FN5O3. The topological polar surface area (TPSA) is 76.7 Å². The predicted molar refractivity (Wildman–Crippen MR) is 127 cm³/mol. The summed E-state index contributed by atoms with van der Waals surface area (Å²) in [6, 6.07) is 3.40. The predicted octanol–water partition coefficient (Wildman–Crippen LogP) is 4.43. The van der Waals surface area contributed by atoms with Crippen LogP contribution in [0.3, 0.4) is 0 Å². The van der Waals surface area contributed by atoms with Gasteiger partial charge in [0.05, 0.1) is 18.2 Å². The molecule has 9 heteroatoms. The normalized spacial score (nSPS) is 19.1. The third-order valence-electron chi connectivity index (χ3n) is 7.68. The van der Waals surface area contributed by atoms with E-state index in [0.717, 1.165) is 68.7 Å². The van der Waals surface area contributed by atoms with Crippen LogP contribution in [0, 0.1) is 15.5 Å². The van der Waals surface area contributed by atoms with Gasteiger partial charge in [-0.25, -0.2) is 4.39 Å². The van der Waals surface area contributed by atoms with Gasteiger partial charge in [-0.3, -0.25) is 19.7 Å². The maximum atomic E-state index is 13.4. The molecule has 2 aromatic rings. The summed E-state index contributed by atoms with van der Waals surface area (Å²) in [5, 5.41) is 15.9. The van der Waals surface area contributed by atoms with E-state index in [2.05, 4.69) is 14.9 Å². The molecule has 1 spiro atoms. The molecule has 0 atom stereocenters. The van der Waals surface area contributed by atoms with Crippen molar-refractivity contribution in [3.63, 3.8) is 0 Å². The average molecular weight is 460 g/mol. The van der Waals surface area contributed by atoms with Gasteiger partial charge in [0.15, 0.2) is 5.75 Å². The van der Waals surface area contributed by atoms with Crippen molar-refractivity contribution in [2.24, 2.45) is 12.5 Å². The number of benzene rings is 1. The zero-order valence-corrected chi connectivity index (χ0v) is 20.0. The molecule has 8 nitrogen and oxygen atoms in total. The van der Waals surface area contributed by atoms with Gasteiger partial charge in [0, 0.05) is 60.8 Å². The lowest BCUT2D eigenvalue weighted by atomic mass is 9.70. The monoisotopic (exact) mass is 459 g/mol. The molecular weight excluding hydrogens is 425 g/mol. The van der Waals surface area contributed by atoms with E-state index in [0.29, 0.717) is 5.41 Å². The van der Waals surface area contributed by atoms with Gasteiger partial charge in [-0.15, -0.1) is 0 Å². The lowest BCUT2D eigenvalue weighted by molar-refractivity contribution is -0.385. The Hall–Kier alpha value is -2.68. The van der Waals surface area contributed by atoms with Crippen molar-refractivity contribution >= 4 is 11.4 Å². The molecule has 0 bridgehead atoms. The minimum atomic E-state index is -0.402. The number of hydrogen-bond acceptors (Lipinski definition) is 6. The molecule has 0 radical (unpaired) electrons. The molecule has 0 N–H and O–H groups in total. The highest BCUT2D eigenvalue weighted by Gasteiger charge is 2.41. The highest BCUT2D eigenvalue weighted by Crippen LogP contribution is 2.46. The zero-order valence-electron chi connectivity index (χ0n) is 20.0. The highest BCUT2D eigenvalue weighted by atomic mass is 19.1. The number of nitrogens with zero attached hydrogens (tertiary/aromatic N) is 5. The van der Waals surface area contributed by atoms with Crippen LogP contribution in [-0.2, 0) is 7.05 Å². The van der Waals surface area contributed by atoms with Gasteiger partial charge >= 0.3 is 5.69 Å². The van der Waals surface area contributed by atoms with Crippen LogP contribution in [0.25, 0.3) is 11.1 Å². The Kier molecular flexibility index (Phi) is 6.35. The van der Waals surface area contributed by atoms with Crippen LogP contribution in [-0.4, -0.2) is 65.1 Å². The molecule has 0 unspecified atom stereocenters. The number of aryl methyl sites for hydroxylation is 1. The number of piperidine rings is 2. The first-order valence-corrected chi connectivity index (χ1v) is 11.6. The van der Waals surface area contributed by atoms with E-state index in [9.17, 15) is 14.5 Å². The van der Waals surface area contributed by atoms with Gasteiger partial charge in [-0.1, -0.05) is 0 Å². The number of halogens is 1. The van der Waals surface area contributed by atoms with Gasteiger partial charge in [-0.2, -0.15) is 5.10 Å². The Morgan fingerprint density at radius 2 is 1.82 bits per heavy atom. The van der Waals surface area contributed by atoms with Crippen molar-refractivity contribution in [1.82, 2.24) is 14.7 Å². The second-order valence-electron chi connectivity index (χ2n) is 10.1. The van der Waals surface area contributed by atoms with E-state index in [-0.39, 0.29) is 18.1 Å². The number of nitro benzene ring substituents is 1. The molecule has 2 aliphatic heterocycles. The fourth-order valence-electron chi connectivity index (χ4n) is 5.31. The van der Waals surface area contributed by atoms with Crippen molar-refractivity contribution in [2.75, 3.05) is 44.9 Å². The standard InChI is InChI=1S/C24H34FN5O3/c1-23(2,17-25)29-11-7-24(8-12-29)5-9-28(10-6-24)20-14-22(33-4)21(30(31)32)13-19(20)18-15-26-27(3)16-18/h13-16H,5-12,17H2,1-4H3. The first-order valence-electron chi connectivity index (χ1n) is 11.6. The second-order valence-corrected chi connectivity index (χ2v) is 10.1. The van der Waals surface area contributed by atoms with Gasteiger partial charge < -0.3 is 9.64 Å². The van der Waals surface area contributed by atoms with Crippen molar-refractivity contribution in [3.8, 4) is 16.9 Å². The number of aromatic nitrogens is 2. The molecule has 1 aromatic carbocycles. The van der Waals surface area contributed by atoms with Crippen LogP contribution in [0.5, 0.6) is 5.75 Å². The summed E-state index contributed by atoms with van der Waals surface area (Å²) in [7, 11) is 3.30. The van der Waals surface area contributed by atoms with Gasteiger partial charge in [0.1, 0.15) is 6.67 Å². The van der Waals surface area contributed by atoms with E-state index in [1.807, 2.05) is 27.1 Å². The van der Waals surface area contributed by atoms with Crippen LogP contribution >= 0.6 is 0 Å². The average Bonchev–Trinajstić information content (AvgIpc) is 3.25. The molecule has 3 heterocycles. The Bertz CT molecular complexity index is 1000. The molecule has 2 saturated heterocycles. The van der Waals surface area contributed by atoms with Crippen molar-refractivity contribution in [3.05, 3.63) is 34.6 Å². The molecule has 180 valence electrons. The van der Waals surface area contributed by atoms with Gasteiger partial charge in [0.25, 0.3) is 0 Å². The van der Waals surface area contributed by atoms with Crippen LogP contribution in [0.15, 0.2) is 24.5 Å². The first kappa shape index (κ1) is 23.5. The molecule has 0 aliphatic carbocycles. The largest absolute Gasteiger partial charge is 0.490 e. The lowest BCUT2D eigenvalue weighted by Gasteiger charge is -2.50. The number of rotatable bonds is 6. The minimum absolute atomic E-state index is 0.0450. The number of ether oxygens (including phenoxy) is 1. The third kappa shape index (κ3) is 4.55. The van der Waals surface area contributed by atoms with Gasteiger partial charge in [0.2, 0.25) is 0 Å². The summed E-state index contributed by atoms with van der Waals surface area (Å²) in [6.45, 7) is 7.26. The number of nitro groups is 1.